The average Bonchev–Trinajstić information content (AvgIpc) is 2.84. The topological polar surface area (TPSA) is 115 Å². The summed E-state index contributed by atoms with van der Waals surface area (Å²) in [4.78, 5) is 28.7. The van der Waals surface area contributed by atoms with Crippen molar-refractivity contribution in [3.8, 4) is 11.5 Å². The van der Waals surface area contributed by atoms with Gasteiger partial charge in [-0.05, 0) is 50.2 Å². The number of halogens is 5. The van der Waals surface area contributed by atoms with Crippen molar-refractivity contribution >= 4 is 40.5 Å². The minimum Gasteiger partial charge on any atom is -0.588 e. The van der Waals surface area contributed by atoms with Crippen LogP contribution in [0, 0.1) is 12.9 Å². The lowest BCUT2D eigenvalue weighted by atomic mass is 10.1. The molecule has 202 valence electrons. The van der Waals surface area contributed by atoms with E-state index in [1.54, 1.807) is 0 Å². The number of alkyl halides is 3. The van der Waals surface area contributed by atoms with Crippen molar-refractivity contribution in [1.29, 1.82) is 0 Å². The molecule has 1 heterocycles. The summed E-state index contributed by atoms with van der Waals surface area (Å²) in [6.45, 7) is 2.58. The number of rotatable bonds is 7. The van der Waals surface area contributed by atoms with Gasteiger partial charge in [0.2, 0.25) is 5.95 Å². The average molecular weight is 574 g/mol. The van der Waals surface area contributed by atoms with Gasteiger partial charge in [-0.15, -0.1) is 0 Å². The van der Waals surface area contributed by atoms with E-state index in [1.165, 1.54) is 45.2 Å². The first-order chi connectivity index (χ1) is 17.7. The summed E-state index contributed by atoms with van der Waals surface area (Å²) in [6.07, 6.45) is -6.26. The number of hydrogen-bond acceptors (Lipinski definition) is 6. The summed E-state index contributed by atoms with van der Waals surface area (Å²) < 4.78 is 72.9. The molecule has 8 nitrogen and oxygen atoms in total. The molecule has 0 saturated heterocycles. The summed E-state index contributed by atoms with van der Waals surface area (Å²) in [5.41, 5.74) is -1.55. The number of aryl methyl sites for hydroxylation is 1. The van der Waals surface area contributed by atoms with Gasteiger partial charge < -0.3 is 19.7 Å². The Morgan fingerprint density at radius 2 is 1.87 bits per heavy atom. The van der Waals surface area contributed by atoms with Gasteiger partial charge in [0.25, 0.3) is 11.8 Å². The van der Waals surface area contributed by atoms with Crippen LogP contribution in [-0.4, -0.2) is 43.9 Å². The van der Waals surface area contributed by atoms with Crippen molar-refractivity contribution in [3.05, 3.63) is 76.3 Å². The van der Waals surface area contributed by atoms with Crippen molar-refractivity contribution in [2.24, 2.45) is 0 Å². The number of amides is 2. The lowest BCUT2D eigenvalue weighted by Crippen LogP contribution is -2.39. The molecule has 38 heavy (non-hydrogen) atoms. The molecule has 0 aliphatic heterocycles. The Labute approximate surface area is 222 Å². The van der Waals surface area contributed by atoms with Gasteiger partial charge in [-0.25, -0.2) is 4.98 Å². The van der Waals surface area contributed by atoms with Crippen LogP contribution in [-0.2, 0) is 22.3 Å². The summed E-state index contributed by atoms with van der Waals surface area (Å²) >= 11 is 3.79. The minimum atomic E-state index is -4.87. The lowest BCUT2D eigenvalue weighted by molar-refractivity contribution is -0.137. The van der Waals surface area contributed by atoms with Crippen LogP contribution in [0.25, 0.3) is 0 Å². The number of carbonyl (C=O) groups is 2. The fraction of sp³-hybridized carbons (Fsp3) is 0.208. The maximum Gasteiger partial charge on any atom is 0.417 e. The number of aliphatic hydroxyl groups excluding tert-OH is 1. The van der Waals surface area contributed by atoms with Crippen LogP contribution in [0.2, 0.25) is 5.02 Å². The van der Waals surface area contributed by atoms with Gasteiger partial charge in [0, 0.05) is 11.8 Å². The molecule has 3 aromatic rings. The molecule has 0 bridgehead atoms. The zero-order valence-corrected chi connectivity index (χ0v) is 21.5. The van der Waals surface area contributed by atoms with E-state index in [0.717, 1.165) is 22.5 Å². The minimum absolute atomic E-state index is 0.0194. The first-order valence-electron chi connectivity index (χ1n) is 10.7. The normalized spacial score (nSPS) is 13.0. The Morgan fingerprint density at radius 1 is 1.18 bits per heavy atom. The van der Waals surface area contributed by atoms with Crippen molar-refractivity contribution in [1.82, 2.24) is 9.29 Å². The largest absolute Gasteiger partial charge is 0.588 e. The van der Waals surface area contributed by atoms with Gasteiger partial charge in [-0.3, -0.25) is 9.59 Å². The van der Waals surface area contributed by atoms with Crippen LogP contribution in [0.4, 0.5) is 23.2 Å². The molecule has 2 aromatic carbocycles. The highest BCUT2D eigenvalue weighted by Crippen LogP contribution is 2.40. The second-order valence-electron chi connectivity index (χ2n) is 7.89. The quantitative estimate of drug-likeness (QED) is 0.231. The van der Waals surface area contributed by atoms with Crippen LogP contribution < -0.4 is 10.1 Å². The fourth-order valence-electron chi connectivity index (χ4n) is 3.16. The fourth-order valence-corrected chi connectivity index (χ4v) is 4.49. The third kappa shape index (κ3) is 6.72. The van der Waals surface area contributed by atoms with E-state index in [9.17, 15) is 36.8 Å². The Balaban J connectivity index is 1.97. The number of carbonyl (C=O) groups excluding carboxylic acids is 2. The third-order valence-corrected chi connectivity index (χ3v) is 6.70. The molecule has 0 saturated carbocycles. The van der Waals surface area contributed by atoms with E-state index in [0.29, 0.717) is 6.07 Å². The maximum absolute atomic E-state index is 13.5. The highest BCUT2D eigenvalue weighted by Gasteiger charge is 2.35. The Bertz CT molecular complexity index is 1370. The van der Waals surface area contributed by atoms with Gasteiger partial charge in [-0.1, -0.05) is 17.7 Å². The zero-order valence-electron chi connectivity index (χ0n) is 20.0. The van der Waals surface area contributed by atoms with Gasteiger partial charge >= 0.3 is 6.18 Å². The van der Waals surface area contributed by atoms with Crippen LogP contribution in [0.5, 0.6) is 11.5 Å². The number of aromatic nitrogens is 1. The smallest absolute Gasteiger partial charge is 0.417 e. The van der Waals surface area contributed by atoms with Crippen molar-refractivity contribution in [2.45, 2.75) is 31.0 Å². The molecule has 2 atom stereocenters. The molecule has 1 aromatic heterocycles. The number of anilines is 1. The van der Waals surface area contributed by atoms with Crippen molar-refractivity contribution < 1.29 is 41.5 Å². The second kappa shape index (κ2) is 11.6. The maximum atomic E-state index is 13.5. The highest BCUT2D eigenvalue weighted by atomic mass is 35.5. The predicted molar refractivity (Wildman–Crippen MR) is 131 cm³/mol. The lowest BCUT2D eigenvalue weighted by Gasteiger charge is -2.21. The van der Waals surface area contributed by atoms with Gasteiger partial charge in [-0.2, -0.15) is 21.9 Å². The van der Waals surface area contributed by atoms with E-state index in [1.807, 2.05) is 0 Å². The van der Waals surface area contributed by atoms with Crippen LogP contribution in [0.1, 0.15) is 28.5 Å². The number of nitrogens with zero attached hydrogens (tertiary/aromatic N) is 2. The summed E-state index contributed by atoms with van der Waals surface area (Å²) in [5.74, 6) is -3.20. The molecule has 0 aliphatic carbocycles. The monoisotopic (exact) mass is 573 g/mol. The summed E-state index contributed by atoms with van der Waals surface area (Å²) in [6, 6.07) is 8.92. The number of ether oxygens (including phenoxy) is 1. The SMILES string of the molecule is Cc1nc(F)ccc1Oc1cc(C(F)(F)F)c(Cl)cc1C(=O)Nc1cccc([S@@+]([O-])N(C)C(=O)[C@H](C)O)c1. The van der Waals surface area contributed by atoms with Gasteiger partial charge in [0.15, 0.2) is 4.90 Å². The molecule has 14 heteroatoms. The number of benzene rings is 2. The molecule has 0 unspecified atom stereocenters. The van der Waals surface area contributed by atoms with Crippen molar-refractivity contribution in [3.63, 3.8) is 0 Å². The van der Waals surface area contributed by atoms with Crippen LogP contribution >= 0.6 is 11.6 Å². The molecular formula is C24H20ClF4N3O5S. The Hall–Kier alpha value is -3.39. The number of hydrogen-bond donors (Lipinski definition) is 2. The Kier molecular flexibility index (Phi) is 8.87. The molecule has 0 radical (unpaired) electrons. The van der Waals surface area contributed by atoms with E-state index < -0.39 is 57.7 Å². The molecule has 2 N–H and O–H groups in total. The first kappa shape index (κ1) is 29.2. The first-order valence-corrected chi connectivity index (χ1v) is 12.2. The number of likely N-dealkylation sites (N-methyl/N-ethyl adjacent to an activating group) is 1. The van der Waals surface area contributed by atoms with E-state index >= 15 is 0 Å². The molecule has 3 rings (SSSR count). The van der Waals surface area contributed by atoms with Crippen LogP contribution in [0.3, 0.4) is 0 Å². The van der Waals surface area contributed by atoms with E-state index in [-0.39, 0.29) is 27.6 Å². The van der Waals surface area contributed by atoms with E-state index in [4.69, 9.17) is 16.3 Å². The van der Waals surface area contributed by atoms with Crippen molar-refractivity contribution in [2.75, 3.05) is 12.4 Å². The number of pyridine rings is 1. The third-order valence-electron chi connectivity index (χ3n) is 5.05. The summed E-state index contributed by atoms with van der Waals surface area (Å²) in [5, 5.41) is 11.1. The molecule has 0 fully saturated rings. The van der Waals surface area contributed by atoms with E-state index in [2.05, 4.69) is 10.3 Å². The summed E-state index contributed by atoms with van der Waals surface area (Å²) in [7, 11) is 1.22. The zero-order chi connectivity index (χ0) is 28.4. The highest BCUT2D eigenvalue weighted by molar-refractivity contribution is 7.89. The van der Waals surface area contributed by atoms with Crippen LogP contribution in [0.15, 0.2) is 53.4 Å². The molecular weight excluding hydrogens is 554 g/mol. The molecule has 2 amide bonds. The molecule has 0 aliphatic rings. The second-order valence-corrected chi connectivity index (χ2v) is 9.81. The molecule has 0 spiro atoms. The standard InChI is InChI=1S/C24H20ClF4N3O5S/c1-12-19(7-8-21(26)30-12)37-20-11-17(24(27,28)29)18(25)10-16(20)22(34)31-14-5-4-6-15(9-14)38(36)32(3)23(35)13(2)33/h4-11,13,33H,1-3H3,(H,31,34)/t13-,38+/m0/s1. The predicted octanol–water partition coefficient (Wildman–Crippen LogP) is 5.11. The number of nitrogens with one attached hydrogen (secondary N) is 1. The Morgan fingerprint density at radius 3 is 2.47 bits per heavy atom. The van der Waals surface area contributed by atoms with Gasteiger partial charge in [0.1, 0.15) is 29.0 Å². The van der Waals surface area contributed by atoms with Gasteiger partial charge in [0.05, 0.1) is 28.9 Å². The number of aliphatic hydroxyl groups is 1.